The summed E-state index contributed by atoms with van der Waals surface area (Å²) >= 11 is 5.98. The van der Waals surface area contributed by atoms with Crippen molar-refractivity contribution in [3.8, 4) is 0 Å². The van der Waals surface area contributed by atoms with Crippen molar-refractivity contribution in [3.63, 3.8) is 0 Å². The Hall–Kier alpha value is -3.13. The van der Waals surface area contributed by atoms with Crippen LogP contribution in [0.2, 0.25) is 5.02 Å². The number of aryl methyl sites for hydroxylation is 1. The van der Waals surface area contributed by atoms with Crippen LogP contribution < -0.4 is 5.32 Å². The van der Waals surface area contributed by atoms with Gasteiger partial charge >= 0.3 is 5.97 Å². The number of carbonyl (C=O) groups is 2. The predicted octanol–water partition coefficient (Wildman–Crippen LogP) is 2.75. The molecule has 0 unspecified atom stereocenters. The van der Waals surface area contributed by atoms with Gasteiger partial charge in [0.25, 0.3) is 5.91 Å². The zero-order chi connectivity index (χ0) is 19.4. The second kappa shape index (κ2) is 8.05. The highest BCUT2D eigenvalue weighted by Crippen LogP contribution is 2.13. The van der Waals surface area contributed by atoms with Crippen molar-refractivity contribution in [2.45, 2.75) is 13.5 Å². The molecule has 0 atom stereocenters. The van der Waals surface area contributed by atoms with Crippen molar-refractivity contribution in [3.05, 3.63) is 64.6 Å². The van der Waals surface area contributed by atoms with Gasteiger partial charge in [-0.3, -0.25) is 14.2 Å². The molecule has 9 heteroatoms. The van der Waals surface area contributed by atoms with E-state index in [1.165, 1.54) is 10.7 Å². The number of ether oxygens (including phenoxy) is 1. The van der Waals surface area contributed by atoms with Gasteiger partial charge in [0.15, 0.2) is 11.5 Å². The number of nitrogens with zero attached hydrogens (tertiary/aromatic N) is 4. The Morgan fingerprint density at radius 3 is 2.78 bits per heavy atom. The minimum Gasteiger partial charge on any atom is -0.461 e. The lowest BCUT2D eigenvalue weighted by Crippen LogP contribution is -2.14. The highest BCUT2D eigenvalue weighted by Gasteiger charge is 2.19. The molecule has 3 rings (SSSR count). The van der Waals surface area contributed by atoms with Gasteiger partial charge in [0, 0.05) is 30.4 Å². The number of amides is 1. The van der Waals surface area contributed by atoms with Gasteiger partial charge in [-0.2, -0.15) is 10.2 Å². The molecule has 0 saturated heterocycles. The molecule has 3 aromatic rings. The van der Waals surface area contributed by atoms with E-state index in [2.05, 4.69) is 15.5 Å². The summed E-state index contributed by atoms with van der Waals surface area (Å²) in [4.78, 5) is 24.2. The molecule has 0 aliphatic rings. The van der Waals surface area contributed by atoms with Gasteiger partial charge in [-0.15, -0.1) is 0 Å². The smallest absolute Gasteiger partial charge is 0.356 e. The van der Waals surface area contributed by atoms with Gasteiger partial charge in [-0.1, -0.05) is 23.7 Å². The molecular formula is C18H18ClN5O3. The predicted molar refractivity (Wildman–Crippen MR) is 99.9 cm³/mol. The molecule has 0 spiro atoms. The largest absolute Gasteiger partial charge is 0.461 e. The Kier molecular flexibility index (Phi) is 5.56. The van der Waals surface area contributed by atoms with Crippen LogP contribution in [0.1, 0.15) is 33.5 Å². The van der Waals surface area contributed by atoms with Crippen molar-refractivity contribution in [1.29, 1.82) is 0 Å². The summed E-state index contributed by atoms with van der Waals surface area (Å²) in [5.74, 6) is -0.614. The van der Waals surface area contributed by atoms with E-state index in [4.69, 9.17) is 16.3 Å². The van der Waals surface area contributed by atoms with Crippen molar-refractivity contribution in [1.82, 2.24) is 19.6 Å². The van der Waals surface area contributed by atoms with E-state index in [0.29, 0.717) is 17.4 Å². The molecular weight excluding hydrogens is 370 g/mol. The molecule has 2 heterocycles. The van der Waals surface area contributed by atoms with Crippen molar-refractivity contribution in [2.75, 3.05) is 11.9 Å². The van der Waals surface area contributed by atoms with Crippen molar-refractivity contribution < 1.29 is 14.3 Å². The maximum Gasteiger partial charge on any atom is 0.356 e. The van der Waals surface area contributed by atoms with E-state index in [0.717, 1.165) is 5.56 Å². The number of benzene rings is 1. The van der Waals surface area contributed by atoms with Crippen LogP contribution in [0.25, 0.3) is 0 Å². The fourth-order valence-corrected chi connectivity index (χ4v) is 2.71. The Balaban J connectivity index is 1.67. The second-order valence-electron chi connectivity index (χ2n) is 5.74. The SMILES string of the molecule is CCOC(=O)c1cc(C(=O)Nc2ccn(Cc3cccc(Cl)c3)n2)nn1C. The first-order valence-electron chi connectivity index (χ1n) is 8.26. The Bertz CT molecular complexity index is 979. The van der Waals surface area contributed by atoms with Crippen molar-refractivity contribution >= 4 is 29.3 Å². The van der Waals surface area contributed by atoms with Gasteiger partial charge in [-0.25, -0.2) is 4.79 Å². The molecule has 1 amide bonds. The van der Waals surface area contributed by atoms with Crippen LogP contribution in [-0.4, -0.2) is 38.0 Å². The van der Waals surface area contributed by atoms with Crippen LogP contribution in [0.15, 0.2) is 42.6 Å². The zero-order valence-electron chi connectivity index (χ0n) is 14.8. The van der Waals surface area contributed by atoms with E-state index >= 15 is 0 Å². The standard InChI is InChI=1S/C18H18ClN5O3/c1-3-27-18(26)15-10-14(21-23(15)2)17(25)20-16-7-8-24(22-16)11-12-5-4-6-13(19)9-12/h4-10H,3,11H2,1-2H3,(H,20,22,25). The molecule has 0 saturated carbocycles. The molecule has 27 heavy (non-hydrogen) atoms. The van der Waals surface area contributed by atoms with Gasteiger partial charge in [0.2, 0.25) is 0 Å². The second-order valence-corrected chi connectivity index (χ2v) is 6.18. The molecule has 1 N–H and O–H groups in total. The molecule has 2 aromatic heterocycles. The molecule has 0 fully saturated rings. The third-order valence-corrected chi connectivity index (χ3v) is 3.95. The van der Waals surface area contributed by atoms with Crippen LogP contribution in [0.5, 0.6) is 0 Å². The van der Waals surface area contributed by atoms with Gasteiger partial charge < -0.3 is 10.1 Å². The monoisotopic (exact) mass is 387 g/mol. The summed E-state index contributed by atoms with van der Waals surface area (Å²) in [6, 6.07) is 10.5. The molecule has 1 aromatic carbocycles. The molecule has 0 aliphatic carbocycles. The molecule has 0 radical (unpaired) electrons. The number of esters is 1. The molecule has 0 bridgehead atoms. The maximum absolute atomic E-state index is 12.4. The third kappa shape index (κ3) is 4.53. The maximum atomic E-state index is 12.4. The van der Waals surface area contributed by atoms with E-state index in [1.54, 1.807) is 37.0 Å². The number of halogens is 1. The number of aromatic nitrogens is 4. The minimum absolute atomic E-state index is 0.102. The van der Waals surface area contributed by atoms with Crippen molar-refractivity contribution in [2.24, 2.45) is 7.05 Å². The lowest BCUT2D eigenvalue weighted by molar-refractivity contribution is 0.0513. The molecule has 0 aliphatic heterocycles. The number of carbonyl (C=O) groups excluding carboxylic acids is 2. The lowest BCUT2D eigenvalue weighted by atomic mass is 10.2. The number of anilines is 1. The number of rotatable bonds is 6. The third-order valence-electron chi connectivity index (χ3n) is 3.71. The number of hydrogen-bond donors (Lipinski definition) is 1. The number of nitrogens with one attached hydrogen (secondary N) is 1. The average molecular weight is 388 g/mol. The normalized spacial score (nSPS) is 10.6. The summed E-state index contributed by atoms with van der Waals surface area (Å²) in [5.41, 5.74) is 1.30. The Labute approximate surface area is 160 Å². The highest BCUT2D eigenvalue weighted by molar-refractivity contribution is 6.30. The zero-order valence-corrected chi connectivity index (χ0v) is 15.6. The van der Waals surface area contributed by atoms with Gasteiger partial charge in [0.05, 0.1) is 13.2 Å². The Morgan fingerprint density at radius 2 is 2.04 bits per heavy atom. The van der Waals surface area contributed by atoms with Gasteiger partial charge in [-0.05, 0) is 24.6 Å². The average Bonchev–Trinajstić information content (AvgIpc) is 3.21. The summed E-state index contributed by atoms with van der Waals surface area (Å²) < 4.78 is 7.93. The summed E-state index contributed by atoms with van der Waals surface area (Å²) in [6.45, 7) is 2.48. The van der Waals surface area contributed by atoms with E-state index in [9.17, 15) is 9.59 Å². The first-order valence-corrected chi connectivity index (χ1v) is 8.64. The van der Waals surface area contributed by atoms with Crippen LogP contribution in [0, 0.1) is 0 Å². The Morgan fingerprint density at radius 1 is 1.22 bits per heavy atom. The fourth-order valence-electron chi connectivity index (χ4n) is 2.49. The molecule has 140 valence electrons. The highest BCUT2D eigenvalue weighted by atomic mass is 35.5. The first-order chi connectivity index (χ1) is 13.0. The van der Waals surface area contributed by atoms with Crippen LogP contribution >= 0.6 is 11.6 Å². The fraction of sp³-hybridized carbons (Fsp3) is 0.222. The summed E-state index contributed by atoms with van der Waals surface area (Å²) in [5, 5.41) is 11.7. The van der Waals surface area contributed by atoms with Gasteiger partial charge in [0.1, 0.15) is 5.69 Å². The molecule has 8 nitrogen and oxygen atoms in total. The minimum atomic E-state index is -0.530. The number of hydrogen-bond acceptors (Lipinski definition) is 5. The van der Waals surface area contributed by atoms with E-state index in [1.807, 2.05) is 18.2 Å². The van der Waals surface area contributed by atoms with E-state index in [-0.39, 0.29) is 18.0 Å². The quantitative estimate of drug-likeness (QED) is 0.657. The van der Waals surface area contributed by atoms with Crippen LogP contribution in [0.3, 0.4) is 0 Å². The summed E-state index contributed by atoms with van der Waals surface area (Å²) in [6.07, 6.45) is 1.75. The first kappa shape index (κ1) is 18.7. The lowest BCUT2D eigenvalue weighted by Gasteiger charge is -2.02. The summed E-state index contributed by atoms with van der Waals surface area (Å²) in [7, 11) is 1.57. The topological polar surface area (TPSA) is 91.0 Å². The van der Waals surface area contributed by atoms with Crippen LogP contribution in [-0.2, 0) is 18.3 Å². The van der Waals surface area contributed by atoms with E-state index < -0.39 is 11.9 Å². The van der Waals surface area contributed by atoms with Crippen LogP contribution in [0.4, 0.5) is 5.82 Å².